The lowest BCUT2D eigenvalue weighted by atomic mass is 10.2. The van der Waals surface area contributed by atoms with Crippen molar-refractivity contribution < 1.29 is 18.3 Å². The lowest BCUT2D eigenvalue weighted by molar-refractivity contribution is 0.0119. The van der Waals surface area contributed by atoms with Crippen molar-refractivity contribution in [3.63, 3.8) is 0 Å². The average Bonchev–Trinajstić information content (AvgIpc) is 2.68. The second-order valence-corrected chi connectivity index (χ2v) is 5.09. The van der Waals surface area contributed by atoms with Crippen LogP contribution in [0.3, 0.4) is 0 Å². The Labute approximate surface area is 112 Å². The number of carbonyl (C=O) groups is 1. The van der Waals surface area contributed by atoms with E-state index in [0.717, 1.165) is 4.90 Å². The van der Waals surface area contributed by atoms with Crippen molar-refractivity contribution in [1.29, 1.82) is 0 Å². The minimum absolute atomic E-state index is 0.0709. The standard InChI is InChI=1S/C12H12BrF2NO2/c1-18-10-3-2-8(13)6-9(10)11(17)16-5-4-12(14,15)7-16/h2-3,6H,4-5,7H2,1H3. The molecule has 0 aliphatic carbocycles. The molecule has 2 rings (SSSR count). The van der Waals surface area contributed by atoms with E-state index in [0.29, 0.717) is 15.8 Å². The number of nitrogens with zero attached hydrogens (tertiary/aromatic N) is 1. The first-order valence-electron chi connectivity index (χ1n) is 5.43. The van der Waals surface area contributed by atoms with Crippen molar-refractivity contribution >= 4 is 21.8 Å². The van der Waals surface area contributed by atoms with Gasteiger partial charge in [-0.05, 0) is 18.2 Å². The molecule has 3 nitrogen and oxygen atoms in total. The van der Waals surface area contributed by atoms with Crippen LogP contribution in [-0.2, 0) is 0 Å². The Balaban J connectivity index is 2.26. The Morgan fingerprint density at radius 3 is 2.78 bits per heavy atom. The summed E-state index contributed by atoms with van der Waals surface area (Å²) in [6, 6.07) is 4.94. The van der Waals surface area contributed by atoms with Gasteiger partial charge in [-0.15, -0.1) is 0 Å². The molecule has 1 saturated heterocycles. The highest BCUT2D eigenvalue weighted by atomic mass is 79.9. The van der Waals surface area contributed by atoms with Crippen LogP contribution in [0, 0.1) is 0 Å². The highest BCUT2D eigenvalue weighted by Gasteiger charge is 2.40. The van der Waals surface area contributed by atoms with Gasteiger partial charge < -0.3 is 9.64 Å². The smallest absolute Gasteiger partial charge is 0.267 e. The molecule has 0 saturated carbocycles. The van der Waals surface area contributed by atoms with Gasteiger partial charge in [0.1, 0.15) is 5.75 Å². The molecule has 0 aromatic heterocycles. The Hall–Kier alpha value is -1.17. The van der Waals surface area contributed by atoms with E-state index in [1.165, 1.54) is 7.11 Å². The van der Waals surface area contributed by atoms with Crippen LogP contribution >= 0.6 is 15.9 Å². The lowest BCUT2D eigenvalue weighted by Gasteiger charge is -2.17. The summed E-state index contributed by atoms with van der Waals surface area (Å²) in [5.41, 5.74) is 0.296. The van der Waals surface area contributed by atoms with E-state index in [1.807, 2.05) is 0 Å². The summed E-state index contributed by atoms with van der Waals surface area (Å²) in [4.78, 5) is 13.3. The van der Waals surface area contributed by atoms with Crippen LogP contribution in [0.1, 0.15) is 16.8 Å². The first kappa shape index (κ1) is 13.3. The molecule has 0 atom stereocenters. The van der Waals surface area contributed by atoms with Crippen LogP contribution < -0.4 is 4.74 Å². The van der Waals surface area contributed by atoms with Gasteiger partial charge in [0, 0.05) is 17.4 Å². The Morgan fingerprint density at radius 2 is 2.22 bits per heavy atom. The number of carbonyl (C=O) groups excluding carboxylic acids is 1. The number of halogens is 3. The monoisotopic (exact) mass is 319 g/mol. The molecule has 1 aliphatic heterocycles. The van der Waals surface area contributed by atoms with E-state index in [1.54, 1.807) is 18.2 Å². The van der Waals surface area contributed by atoms with E-state index in [-0.39, 0.29) is 13.0 Å². The molecule has 0 unspecified atom stereocenters. The number of benzene rings is 1. The summed E-state index contributed by atoms with van der Waals surface area (Å²) in [5, 5.41) is 0. The quantitative estimate of drug-likeness (QED) is 0.838. The first-order valence-corrected chi connectivity index (χ1v) is 6.23. The van der Waals surface area contributed by atoms with Crippen molar-refractivity contribution in [2.75, 3.05) is 20.2 Å². The molecular weight excluding hydrogens is 308 g/mol. The molecule has 1 heterocycles. The minimum atomic E-state index is -2.78. The van der Waals surface area contributed by atoms with Gasteiger partial charge in [0.05, 0.1) is 19.2 Å². The Morgan fingerprint density at radius 1 is 1.50 bits per heavy atom. The van der Waals surface area contributed by atoms with Crippen LogP contribution in [-0.4, -0.2) is 36.9 Å². The van der Waals surface area contributed by atoms with Crippen LogP contribution in [0.4, 0.5) is 8.78 Å². The molecule has 1 aromatic carbocycles. The number of likely N-dealkylation sites (tertiary alicyclic amines) is 1. The topological polar surface area (TPSA) is 29.5 Å². The number of rotatable bonds is 2. The predicted octanol–water partition coefficient (Wildman–Crippen LogP) is 2.94. The van der Waals surface area contributed by atoms with Gasteiger partial charge in [0.15, 0.2) is 0 Å². The van der Waals surface area contributed by atoms with Crippen LogP contribution in [0.2, 0.25) is 0 Å². The average molecular weight is 320 g/mol. The fraction of sp³-hybridized carbons (Fsp3) is 0.417. The molecular formula is C12H12BrF2NO2. The first-order chi connectivity index (χ1) is 8.43. The lowest BCUT2D eigenvalue weighted by Crippen LogP contribution is -2.31. The zero-order chi connectivity index (χ0) is 13.3. The van der Waals surface area contributed by atoms with E-state index in [2.05, 4.69) is 15.9 Å². The summed E-state index contributed by atoms with van der Waals surface area (Å²) in [7, 11) is 1.44. The number of amides is 1. The molecule has 6 heteroatoms. The normalized spacial score (nSPS) is 17.9. The van der Waals surface area contributed by atoms with Crippen molar-refractivity contribution in [3.8, 4) is 5.75 Å². The van der Waals surface area contributed by atoms with Gasteiger partial charge in [0.25, 0.3) is 11.8 Å². The van der Waals surface area contributed by atoms with Crippen LogP contribution in [0.15, 0.2) is 22.7 Å². The summed E-state index contributed by atoms with van der Waals surface area (Å²) in [6.45, 7) is -0.455. The van der Waals surface area contributed by atoms with Gasteiger partial charge in [-0.3, -0.25) is 4.79 Å². The van der Waals surface area contributed by atoms with E-state index in [4.69, 9.17) is 4.74 Å². The molecule has 1 amide bonds. The number of alkyl halides is 2. The molecule has 1 fully saturated rings. The molecule has 1 aliphatic rings. The zero-order valence-corrected chi connectivity index (χ0v) is 11.3. The number of hydrogen-bond acceptors (Lipinski definition) is 2. The fourth-order valence-electron chi connectivity index (χ4n) is 1.93. The predicted molar refractivity (Wildman–Crippen MR) is 66.2 cm³/mol. The van der Waals surface area contributed by atoms with Crippen molar-refractivity contribution in [1.82, 2.24) is 4.90 Å². The van der Waals surface area contributed by atoms with Gasteiger partial charge in [-0.2, -0.15) is 0 Å². The minimum Gasteiger partial charge on any atom is -0.496 e. The third kappa shape index (κ3) is 2.63. The largest absolute Gasteiger partial charge is 0.496 e. The fourth-order valence-corrected chi connectivity index (χ4v) is 2.29. The number of hydrogen-bond donors (Lipinski definition) is 0. The van der Waals surface area contributed by atoms with Crippen LogP contribution in [0.25, 0.3) is 0 Å². The Kier molecular flexibility index (Phi) is 3.56. The molecule has 1 aromatic rings. The van der Waals surface area contributed by atoms with Gasteiger partial charge >= 0.3 is 0 Å². The van der Waals surface area contributed by atoms with Crippen LogP contribution in [0.5, 0.6) is 5.75 Å². The highest BCUT2D eigenvalue weighted by Crippen LogP contribution is 2.30. The Bertz CT molecular complexity index is 479. The second-order valence-electron chi connectivity index (χ2n) is 4.18. The number of ether oxygens (including phenoxy) is 1. The second kappa shape index (κ2) is 4.84. The summed E-state index contributed by atoms with van der Waals surface area (Å²) in [6.07, 6.45) is -0.283. The van der Waals surface area contributed by atoms with Gasteiger partial charge in [0.2, 0.25) is 0 Å². The molecule has 18 heavy (non-hydrogen) atoms. The molecule has 0 spiro atoms. The van der Waals surface area contributed by atoms with Crippen molar-refractivity contribution in [3.05, 3.63) is 28.2 Å². The van der Waals surface area contributed by atoms with Crippen molar-refractivity contribution in [2.24, 2.45) is 0 Å². The maximum atomic E-state index is 13.1. The van der Waals surface area contributed by atoms with E-state index >= 15 is 0 Å². The summed E-state index contributed by atoms with van der Waals surface area (Å²) < 4.78 is 32.0. The van der Waals surface area contributed by atoms with E-state index < -0.39 is 18.4 Å². The maximum absolute atomic E-state index is 13.1. The SMILES string of the molecule is COc1ccc(Br)cc1C(=O)N1CCC(F)(F)C1. The summed E-state index contributed by atoms with van der Waals surface area (Å²) in [5.74, 6) is -2.82. The van der Waals surface area contributed by atoms with Gasteiger partial charge in [-0.1, -0.05) is 15.9 Å². The zero-order valence-electron chi connectivity index (χ0n) is 9.75. The molecule has 0 bridgehead atoms. The third-order valence-electron chi connectivity index (χ3n) is 2.85. The summed E-state index contributed by atoms with van der Waals surface area (Å²) >= 11 is 3.25. The van der Waals surface area contributed by atoms with E-state index in [9.17, 15) is 13.6 Å². The number of methoxy groups -OCH3 is 1. The highest BCUT2D eigenvalue weighted by molar-refractivity contribution is 9.10. The molecule has 0 N–H and O–H groups in total. The van der Waals surface area contributed by atoms with Crippen molar-refractivity contribution in [2.45, 2.75) is 12.3 Å². The maximum Gasteiger partial charge on any atom is 0.267 e. The van der Waals surface area contributed by atoms with Gasteiger partial charge in [-0.25, -0.2) is 8.78 Å². The molecule has 98 valence electrons. The molecule has 0 radical (unpaired) electrons. The third-order valence-corrected chi connectivity index (χ3v) is 3.34.